The first-order chi connectivity index (χ1) is 15.5. The highest BCUT2D eigenvalue weighted by Crippen LogP contribution is 2.27. The minimum Gasteiger partial charge on any atom is -0.495 e. The standard InChI is InChI=1S/C21H23N5O4S2/c1-30-19-7-3-2-6-18(19)26-15-22-24-21(26)31-14-20(27)23-16-8-10-17(11-9-16)32(28,29)25-12-4-5-13-25/h2-3,6-11,15H,4-5,12-14H2,1H3,(H,23,27). The maximum Gasteiger partial charge on any atom is 0.243 e. The van der Waals surface area contributed by atoms with Gasteiger partial charge in [0, 0.05) is 18.8 Å². The summed E-state index contributed by atoms with van der Waals surface area (Å²) < 4.78 is 33.9. The van der Waals surface area contributed by atoms with Crippen LogP contribution in [0, 0.1) is 0 Å². The van der Waals surface area contributed by atoms with Crippen LogP contribution in [0.15, 0.2) is 64.9 Å². The fourth-order valence-electron chi connectivity index (χ4n) is 3.43. The largest absolute Gasteiger partial charge is 0.495 e. The molecule has 0 bridgehead atoms. The van der Waals surface area contributed by atoms with E-state index in [1.807, 2.05) is 24.3 Å². The van der Waals surface area contributed by atoms with Crippen molar-refractivity contribution in [2.24, 2.45) is 0 Å². The van der Waals surface area contributed by atoms with Gasteiger partial charge in [-0.1, -0.05) is 23.9 Å². The van der Waals surface area contributed by atoms with Gasteiger partial charge in [-0.05, 0) is 49.2 Å². The summed E-state index contributed by atoms with van der Waals surface area (Å²) in [6, 6.07) is 13.7. The lowest BCUT2D eigenvalue weighted by Crippen LogP contribution is -2.27. The lowest BCUT2D eigenvalue weighted by molar-refractivity contribution is -0.113. The Bertz CT molecular complexity index is 1190. The van der Waals surface area contributed by atoms with Gasteiger partial charge in [-0.15, -0.1) is 10.2 Å². The van der Waals surface area contributed by atoms with Crippen LogP contribution in [0.2, 0.25) is 0 Å². The number of aromatic nitrogens is 3. The number of benzene rings is 2. The molecular weight excluding hydrogens is 450 g/mol. The second kappa shape index (κ2) is 9.72. The monoisotopic (exact) mass is 473 g/mol. The minimum absolute atomic E-state index is 0.113. The second-order valence-electron chi connectivity index (χ2n) is 7.13. The minimum atomic E-state index is -3.47. The predicted molar refractivity (Wildman–Crippen MR) is 122 cm³/mol. The van der Waals surface area contributed by atoms with Crippen molar-refractivity contribution >= 4 is 33.4 Å². The summed E-state index contributed by atoms with van der Waals surface area (Å²) in [7, 11) is -1.88. The summed E-state index contributed by atoms with van der Waals surface area (Å²) in [5.41, 5.74) is 1.31. The molecule has 0 spiro atoms. The Morgan fingerprint density at radius 2 is 1.84 bits per heavy atom. The molecule has 168 valence electrons. The summed E-state index contributed by atoms with van der Waals surface area (Å²) in [5, 5.41) is 11.4. The van der Waals surface area contributed by atoms with Crippen LogP contribution in [0.25, 0.3) is 5.69 Å². The molecule has 1 aromatic heterocycles. The topological polar surface area (TPSA) is 106 Å². The summed E-state index contributed by atoms with van der Waals surface area (Å²) in [5.74, 6) is 0.545. The second-order valence-corrected chi connectivity index (χ2v) is 10.0. The Morgan fingerprint density at radius 1 is 1.12 bits per heavy atom. The van der Waals surface area contributed by atoms with Gasteiger partial charge in [0.1, 0.15) is 12.1 Å². The van der Waals surface area contributed by atoms with Crippen molar-refractivity contribution in [1.82, 2.24) is 19.1 Å². The smallest absolute Gasteiger partial charge is 0.243 e. The van der Waals surface area contributed by atoms with Gasteiger partial charge in [0.25, 0.3) is 0 Å². The predicted octanol–water partition coefficient (Wildman–Crippen LogP) is 2.79. The normalized spacial score (nSPS) is 14.4. The lowest BCUT2D eigenvalue weighted by Gasteiger charge is -2.15. The Hall–Kier alpha value is -2.89. The SMILES string of the molecule is COc1ccccc1-n1cnnc1SCC(=O)Nc1ccc(S(=O)(=O)N2CCCC2)cc1. The van der Waals surface area contributed by atoms with Gasteiger partial charge in [0.05, 0.1) is 23.4 Å². The average molecular weight is 474 g/mol. The highest BCUT2D eigenvalue weighted by molar-refractivity contribution is 7.99. The molecule has 1 aliphatic heterocycles. The van der Waals surface area contributed by atoms with E-state index in [1.54, 1.807) is 30.1 Å². The highest BCUT2D eigenvalue weighted by atomic mass is 32.2. The van der Waals surface area contributed by atoms with E-state index >= 15 is 0 Å². The summed E-state index contributed by atoms with van der Waals surface area (Å²) in [6.07, 6.45) is 3.34. The first kappa shape index (κ1) is 22.3. The van der Waals surface area contributed by atoms with Crippen molar-refractivity contribution in [3.63, 3.8) is 0 Å². The van der Waals surface area contributed by atoms with Gasteiger partial charge in [-0.25, -0.2) is 8.42 Å². The molecule has 1 fully saturated rings. The van der Waals surface area contributed by atoms with E-state index < -0.39 is 10.0 Å². The van der Waals surface area contributed by atoms with Gasteiger partial charge in [-0.2, -0.15) is 4.31 Å². The first-order valence-corrected chi connectivity index (χ1v) is 12.5. The number of hydrogen-bond acceptors (Lipinski definition) is 7. The molecule has 0 saturated carbocycles. The van der Waals surface area contributed by atoms with Crippen molar-refractivity contribution in [1.29, 1.82) is 0 Å². The van der Waals surface area contributed by atoms with E-state index in [0.717, 1.165) is 18.5 Å². The fourth-order valence-corrected chi connectivity index (χ4v) is 5.67. The van der Waals surface area contributed by atoms with Crippen LogP contribution in [0.1, 0.15) is 12.8 Å². The molecule has 1 N–H and O–H groups in total. The Kier molecular flexibility index (Phi) is 6.77. The number of rotatable bonds is 8. The van der Waals surface area contributed by atoms with Gasteiger partial charge in [-0.3, -0.25) is 9.36 Å². The highest BCUT2D eigenvalue weighted by Gasteiger charge is 2.27. The van der Waals surface area contributed by atoms with Crippen LogP contribution in [-0.2, 0) is 14.8 Å². The molecule has 4 rings (SSSR count). The van der Waals surface area contributed by atoms with Crippen LogP contribution in [-0.4, -0.2) is 59.3 Å². The van der Waals surface area contributed by atoms with E-state index in [2.05, 4.69) is 15.5 Å². The van der Waals surface area contributed by atoms with Crippen molar-refractivity contribution in [3.05, 3.63) is 54.9 Å². The van der Waals surface area contributed by atoms with Gasteiger partial charge < -0.3 is 10.1 Å². The Labute approximate surface area is 190 Å². The molecule has 0 aliphatic carbocycles. The maximum absolute atomic E-state index is 12.6. The molecule has 3 aromatic rings. The number of nitrogens with one attached hydrogen (secondary N) is 1. The number of amides is 1. The summed E-state index contributed by atoms with van der Waals surface area (Å²) in [4.78, 5) is 12.7. The van der Waals surface area contributed by atoms with E-state index in [-0.39, 0.29) is 16.6 Å². The quantitative estimate of drug-likeness (QED) is 0.502. The fraction of sp³-hybridized carbons (Fsp3) is 0.286. The zero-order valence-corrected chi connectivity index (χ0v) is 19.1. The van der Waals surface area contributed by atoms with Crippen LogP contribution in [0.3, 0.4) is 0 Å². The first-order valence-electron chi connectivity index (χ1n) is 10.1. The average Bonchev–Trinajstić information content (AvgIpc) is 3.50. The number of carbonyl (C=O) groups is 1. The van der Waals surface area contributed by atoms with Crippen molar-refractivity contribution in [2.45, 2.75) is 22.9 Å². The number of carbonyl (C=O) groups excluding carboxylic acids is 1. The summed E-state index contributed by atoms with van der Waals surface area (Å²) in [6.45, 7) is 1.11. The van der Waals surface area contributed by atoms with Crippen LogP contribution >= 0.6 is 11.8 Å². The number of nitrogens with zero attached hydrogens (tertiary/aromatic N) is 4. The van der Waals surface area contributed by atoms with E-state index in [9.17, 15) is 13.2 Å². The molecule has 9 nitrogen and oxygen atoms in total. The number of thioether (sulfide) groups is 1. The zero-order valence-electron chi connectivity index (χ0n) is 17.5. The molecule has 1 aliphatic rings. The Balaban J connectivity index is 1.38. The van der Waals surface area contributed by atoms with E-state index in [1.165, 1.54) is 28.2 Å². The lowest BCUT2D eigenvalue weighted by atomic mass is 10.3. The molecule has 32 heavy (non-hydrogen) atoms. The van der Waals surface area contributed by atoms with Crippen molar-refractivity contribution in [3.8, 4) is 11.4 Å². The van der Waals surface area contributed by atoms with Gasteiger partial charge >= 0.3 is 0 Å². The number of ether oxygens (including phenoxy) is 1. The zero-order chi connectivity index (χ0) is 22.6. The molecule has 0 unspecified atom stereocenters. The van der Waals surface area contributed by atoms with Crippen molar-refractivity contribution < 1.29 is 17.9 Å². The molecule has 1 saturated heterocycles. The Morgan fingerprint density at radius 3 is 2.56 bits per heavy atom. The molecule has 11 heteroatoms. The third-order valence-corrected chi connectivity index (χ3v) is 7.89. The third kappa shape index (κ3) is 4.79. The molecular formula is C21H23N5O4S2. The van der Waals surface area contributed by atoms with Gasteiger partial charge in [0.2, 0.25) is 15.9 Å². The molecule has 1 amide bonds. The van der Waals surface area contributed by atoms with E-state index in [4.69, 9.17) is 4.74 Å². The number of anilines is 1. The van der Waals surface area contributed by atoms with Gasteiger partial charge in [0.15, 0.2) is 5.16 Å². The molecule has 2 aromatic carbocycles. The molecule has 2 heterocycles. The number of methoxy groups -OCH3 is 1. The van der Waals surface area contributed by atoms with Crippen molar-refractivity contribution in [2.75, 3.05) is 31.3 Å². The third-order valence-electron chi connectivity index (χ3n) is 5.03. The van der Waals surface area contributed by atoms with E-state index in [0.29, 0.717) is 29.7 Å². The molecule has 0 atom stereocenters. The van der Waals surface area contributed by atoms with Crippen LogP contribution in [0.4, 0.5) is 5.69 Å². The summed E-state index contributed by atoms with van der Waals surface area (Å²) >= 11 is 1.24. The number of para-hydroxylation sites is 2. The maximum atomic E-state index is 12.6. The number of sulfonamides is 1. The van der Waals surface area contributed by atoms with Crippen LogP contribution < -0.4 is 10.1 Å². The van der Waals surface area contributed by atoms with Crippen LogP contribution in [0.5, 0.6) is 5.75 Å². The molecule has 0 radical (unpaired) electrons. The number of hydrogen-bond donors (Lipinski definition) is 1.